The zero-order chi connectivity index (χ0) is 13.8. The lowest BCUT2D eigenvalue weighted by molar-refractivity contribution is 0.456. The Kier molecular flexibility index (Phi) is 4.35. The van der Waals surface area contributed by atoms with Crippen molar-refractivity contribution in [3.63, 3.8) is 0 Å². The summed E-state index contributed by atoms with van der Waals surface area (Å²) in [5.41, 5.74) is 2.80. The molecule has 0 aliphatic rings. The molecular weight excluding hydrogens is 262 g/mol. The van der Waals surface area contributed by atoms with E-state index in [1.165, 1.54) is 0 Å². The van der Waals surface area contributed by atoms with Crippen molar-refractivity contribution in [3.05, 3.63) is 46.4 Å². The molecule has 0 spiro atoms. The van der Waals surface area contributed by atoms with E-state index in [-0.39, 0.29) is 0 Å². The maximum atomic E-state index is 6.13. The zero-order valence-electron chi connectivity index (χ0n) is 11.2. The van der Waals surface area contributed by atoms with Gasteiger partial charge in [0.05, 0.1) is 11.9 Å². The van der Waals surface area contributed by atoms with Gasteiger partial charge in [0.15, 0.2) is 0 Å². The van der Waals surface area contributed by atoms with E-state index in [1.54, 1.807) is 12.4 Å². The molecule has 0 aliphatic heterocycles. The molecule has 0 saturated carbocycles. The lowest BCUT2D eigenvalue weighted by atomic mass is 10.1. The number of aromatic nitrogens is 2. The van der Waals surface area contributed by atoms with Crippen LogP contribution in [0, 0.1) is 13.8 Å². The quantitative estimate of drug-likeness (QED) is 0.932. The van der Waals surface area contributed by atoms with Crippen LogP contribution in [-0.4, -0.2) is 17.0 Å². The van der Waals surface area contributed by atoms with Gasteiger partial charge >= 0.3 is 0 Å². The average Bonchev–Trinajstić information content (AvgIpc) is 2.37. The monoisotopic (exact) mass is 277 g/mol. The van der Waals surface area contributed by atoms with E-state index in [1.807, 2.05) is 33.0 Å². The molecule has 0 bridgehead atoms. The fourth-order valence-corrected chi connectivity index (χ4v) is 1.90. The van der Waals surface area contributed by atoms with Crippen LogP contribution in [-0.2, 0) is 6.54 Å². The number of hydrogen-bond acceptors (Lipinski definition) is 4. The standard InChI is InChI=1S/C14H16ClN3O/c1-9-4-12(5-10(2)14(9)15)19-13-8-17-7-11(18-13)6-16-3/h4-5,7-8,16H,6H2,1-3H3. The zero-order valence-corrected chi connectivity index (χ0v) is 12.0. The highest BCUT2D eigenvalue weighted by Gasteiger charge is 2.06. The van der Waals surface area contributed by atoms with Gasteiger partial charge < -0.3 is 10.1 Å². The Bertz CT molecular complexity index is 564. The van der Waals surface area contributed by atoms with Crippen LogP contribution in [0.2, 0.25) is 5.02 Å². The predicted molar refractivity (Wildman–Crippen MR) is 75.8 cm³/mol. The molecule has 2 rings (SSSR count). The van der Waals surface area contributed by atoms with Crippen molar-refractivity contribution in [2.45, 2.75) is 20.4 Å². The number of benzene rings is 1. The molecule has 1 aromatic carbocycles. The smallest absolute Gasteiger partial charge is 0.238 e. The molecule has 1 heterocycles. The van der Waals surface area contributed by atoms with Gasteiger partial charge in [-0.25, -0.2) is 4.98 Å². The highest BCUT2D eigenvalue weighted by molar-refractivity contribution is 6.32. The maximum Gasteiger partial charge on any atom is 0.238 e. The molecule has 0 saturated heterocycles. The SMILES string of the molecule is CNCc1cncc(Oc2cc(C)c(Cl)c(C)c2)n1. The van der Waals surface area contributed by atoms with Gasteiger partial charge in [0.1, 0.15) is 5.75 Å². The fourth-order valence-electron chi connectivity index (χ4n) is 1.79. The summed E-state index contributed by atoms with van der Waals surface area (Å²) in [7, 11) is 1.86. The first-order valence-electron chi connectivity index (χ1n) is 6.00. The normalized spacial score (nSPS) is 10.5. The first-order chi connectivity index (χ1) is 9.10. The van der Waals surface area contributed by atoms with Crippen LogP contribution in [0.1, 0.15) is 16.8 Å². The average molecular weight is 278 g/mol. The second-order valence-corrected chi connectivity index (χ2v) is 4.73. The fraction of sp³-hybridized carbons (Fsp3) is 0.286. The van der Waals surface area contributed by atoms with Crippen molar-refractivity contribution in [2.75, 3.05) is 7.05 Å². The van der Waals surface area contributed by atoms with Gasteiger partial charge in [0.2, 0.25) is 5.88 Å². The van der Waals surface area contributed by atoms with E-state index in [2.05, 4.69) is 15.3 Å². The molecule has 0 fully saturated rings. The molecule has 1 N–H and O–H groups in total. The molecular formula is C14H16ClN3O. The Labute approximate surface area is 117 Å². The molecule has 19 heavy (non-hydrogen) atoms. The number of hydrogen-bond donors (Lipinski definition) is 1. The summed E-state index contributed by atoms with van der Waals surface area (Å²) in [6, 6.07) is 3.78. The van der Waals surface area contributed by atoms with Gasteiger partial charge in [-0.15, -0.1) is 0 Å². The second kappa shape index (κ2) is 5.99. The highest BCUT2D eigenvalue weighted by Crippen LogP contribution is 2.28. The summed E-state index contributed by atoms with van der Waals surface area (Å²) in [5, 5.41) is 3.79. The summed E-state index contributed by atoms with van der Waals surface area (Å²) in [5.74, 6) is 1.20. The molecule has 0 unspecified atom stereocenters. The molecule has 0 amide bonds. The summed E-state index contributed by atoms with van der Waals surface area (Å²) >= 11 is 6.13. The Morgan fingerprint density at radius 3 is 2.53 bits per heavy atom. The van der Waals surface area contributed by atoms with Crippen molar-refractivity contribution < 1.29 is 4.74 Å². The largest absolute Gasteiger partial charge is 0.437 e. The Morgan fingerprint density at radius 1 is 1.21 bits per heavy atom. The molecule has 4 nitrogen and oxygen atoms in total. The van der Waals surface area contributed by atoms with Gasteiger partial charge in [0.25, 0.3) is 0 Å². The lowest BCUT2D eigenvalue weighted by Crippen LogP contribution is -2.07. The van der Waals surface area contributed by atoms with Crippen LogP contribution in [0.15, 0.2) is 24.5 Å². The van der Waals surface area contributed by atoms with Crippen LogP contribution in [0.4, 0.5) is 0 Å². The second-order valence-electron chi connectivity index (χ2n) is 4.35. The number of nitrogens with one attached hydrogen (secondary N) is 1. The van der Waals surface area contributed by atoms with Gasteiger partial charge in [-0.05, 0) is 44.2 Å². The minimum absolute atomic E-state index is 0.480. The molecule has 100 valence electrons. The van der Waals surface area contributed by atoms with E-state index in [4.69, 9.17) is 16.3 Å². The maximum absolute atomic E-state index is 6.13. The molecule has 0 atom stereocenters. The summed E-state index contributed by atoms with van der Waals surface area (Å²) in [6.07, 6.45) is 3.31. The number of aryl methyl sites for hydroxylation is 2. The topological polar surface area (TPSA) is 47.0 Å². The van der Waals surface area contributed by atoms with E-state index < -0.39 is 0 Å². The van der Waals surface area contributed by atoms with Gasteiger partial charge in [-0.1, -0.05) is 11.6 Å². The van der Waals surface area contributed by atoms with Crippen molar-refractivity contribution >= 4 is 11.6 Å². The van der Waals surface area contributed by atoms with Gasteiger partial charge in [-0.2, -0.15) is 0 Å². The van der Waals surface area contributed by atoms with Crippen LogP contribution in [0.25, 0.3) is 0 Å². The minimum Gasteiger partial charge on any atom is -0.437 e. The van der Waals surface area contributed by atoms with E-state index in [9.17, 15) is 0 Å². The number of rotatable bonds is 4. The van der Waals surface area contributed by atoms with Crippen LogP contribution < -0.4 is 10.1 Å². The lowest BCUT2D eigenvalue weighted by Gasteiger charge is -2.09. The van der Waals surface area contributed by atoms with Crippen molar-refractivity contribution in [2.24, 2.45) is 0 Å². The number of ether oxygens (including phenoxy) is 1. The Balaban J connectivity index is 2.23. The van der Waals surface area contributed by atoms with Crippen molar-refractivity contribution in [3.8, 4) is 11.6 Å². The predicted octanol–water partition coefficient (Wildman–Crippen LogP) is 3.26. The van der Waals surface area contributed by atoms with E-state index >= 15 is 0 Å². The van der Waals surface area contributed by atoms with Crippen LogP contribution >= 0.6 is 11.6 Å². The first-order valence-corrected chi connectivity index (χ1v) is 6.38. The minimum atomic E-state index is 0.480. The third-order valence-corrected chi connectivity index (χ3v) is 3.25. The molecule has 0 aliphatic carbocycles. The molecule has 5 heteroatoms. The van der Waals surface area contributed by atoms with Gasteiger partial charge in [0, 0.05) is 17.8 Å². The van der Waals surface area contributed by atoms with Gasteiger partial charge in [-0.3, -0.25) is 4.98 Å². The van der Waals surface area contributed by atoms with Crippen LogP contribution in [0.3, 0.4) is 0 Å². The Hall–Kier alpha value is -1.65. The van der Waals surface area contributed by atoms with Crippen LogP contribution in [0.5, 0.6) is 11.6 Å². The number of halogens is 1. The summed E-state index contributed by atoms with van der Waals surface area (Å²) < 4.78 is 5.72. The third-order valence-electron chi connectivity index (χ3n) is 2.65. The molecule has 1 aromatic heterocycles. The first kappa shape index (κ1) is 13.8. The highest BCUT2D eigenvalue weighted by atomic mass is 35.5. The third kappa shape index (κ3) is 3.43. The summed E-state index contributed by atoms with van der Waals surface area (Å²) in [4.78, 5) is 8.47. The molecule has 0 radical (unpaired) electrons. The van der Waals surface area contributed by atoms with E-state index in [0.29, 0.717) is 12.4 Å². The number of nitrogens with zero attached hydrogens (tertiary/aromatic N) is 2. The molecule has 2 aromatic rings. The van der Waals surface area contributed by atoms with Crippen molar-refractivity contribution in [1.29, 1.82) is 0 Å². The Morgan fingerprint density at radius 2 is 1.89 bits per heavy atom. The van der Waals surface area contributed by atoms with E-state index in [0.717, 1.165) is 27.6 Å². The van der Waals surface area contributed by atoms with Crippen molar-refractivity contribution in [1.82, 2.24) is 15.3 Å². The summed E-state index contributed by atoms with van der Waals surface area (Å²) in [6.45, 7) is 4.56.